The number of benzene rings is 2. The molecule has 0 aliphatic heterocycles. The molecule has 0 saturated carbocycles. The zero-order valence-electron chi connectivity index (χ0n) is 12.1. The summed E-state index contributed by atoms with van der Waals surface area (Å²) in [6, 6.07) is 5.42. The van der Waals surface area contributed by atoms with E-state index in [1.165, 1.54) is 12.1 Å². The van der Waals surface area contributed by atoms with Gasteiger partial charge in [0.05, 0.1) is 22.3 Å². The van der Waals surface area contributed by atoms with Crippen molar-refractivity contribution in [1.29, 1.82) is 0 Å². The molecule has 118 valence electrons. The standard InChI is InChI=1S/C16H15N3O4/c17-5-6-19-8-2-1-7(18)11-12(8)16(23)14-10(21)4-3-9(20)13(14)15(11)22/h1-4,19-21H,5-6,17-18H2. The number of anilines is 2. The van der Waals surface area contributed by atoms with E-state index >= 15 is 0 Å². The summed E-state index contributed by atoms with van der Waals surface area (Å²) in [6.07, 6.45) is 0. The third-order valence-electron chi connectivity index (χ3n) is 3.77. The van der Waals surface area contributed by atoms with Crippen molar-refractivity contribution >= 4 is 22.9 Å². The van der Waals surface area contributed by atoms with Gasteiger partial charge in [-0.3, -0.25) is 9.59 Å². The molecule has 2 aromatic carbocycles. The van der Waals surface area contributed by atoms with Crippen LogP contribution in [0, 0.1) is 0 Å². The molecule has 7 nitrogen and oxygen atoms in total. The van der Waals surface area contributed by atoms with Gasteiger partial charge in [0, 0.05) is 24.5 Å². The molecule has 1 aliphatic carbocycles. The molecule has 1 aliphatic rings. The Hall–Kier alpha value is -3.06. The van der Waals surface area contributed by atoms with Gasteiger partial charge in [0.1, 0.15) is 11.5 Å². The number of carbonyl (C=O) groups is 2. The van der Waals surface area contributed by atoms with Crippen LogP contribution in [0.25, 0.3) is 0 Å². The fraction of sp³-hybridized carbons (Fsp3) is 0.125. The lowest BCUT2D eigenvalue weighted by atomic mass is 9.81. The van der Waals surface area contributed by atoms with Gasteiger partial charge in [0.25, 0.3) is 0 Å². The van der Waals surface area contributed by atoms with Gasteiger partial charge in [-0.25, -0.2) is 0 Å². The van der Waals surface area contributed by atoms with Gasteiger partial charge >= 0.3 is 0 Å². The molecular formula is C16H15N3O4. The van der Waals surface area contributed by atoms with Gasteiger partial charge in [-0.2, -0.15) is 0 Å². The molecule has 0 radical (unpaired) electrons. The number of phenols is 2. The molecular weight excluding hydrogens is 298 g/mol. The average molecular weight is 313 g/mol. The maximum Gasteiger partial charge on any atom is 0.200 e. The molecule has 23 heavy (non-hydrogen) atoms. The predicted molar refractivity (Wildman–Crippen MR) is 85.0 cm³/mol. The monoisotopic (exact) mass is 313 g/mol. The SMILES string of the molecule is NCCNc1ccc(N)c2c1C(=O)c1c(O)ccc(O)c1C2=O. The van der Waals surface area contributed by atoms with Crippen molar-refractivity contribution in [3.05, 3.63) is 46.5 Å². The summed E-state index contributed by atoms with van der Waals surface area (Å²) >= 11 is 0. The number of hydrogen-bond acceptors (Lipinski definition) is 7. The van der Waals surface area contributed by atoms with Crippen LogP contribution in [0.4, 0.5) is 11.4 Å². The maximum atomic E-state index is 12.8. The topological polar surface area (TPSA) is 139 Å². The normalized spacial score (nSPS) is 12.7. The summed E-state index contributed by atoms with van der Waals surface area (Å²) in [4.78, 5) is 25.5. The van der Waals surface area contributed by atoms with Crippen molar-refractivity contribution < 1.29 is 19.8 Å². The first-order chi connectivity index (χ1) is 11.0. The minimum absolute atomic E-state index is 0.0189. The third-order valence-corrected chi connectivity index (χ3v) is 3.77. The first-order valence-corrected chi connectivity index (χ1v) is 6.98. The van der Waals surface area contributed by atoms with Gasteiger partial charge in [0.15, 0.2) is 0 Å². The molecule has 0 spiro atoms. The average Bonchev–Trinajstić information content (AvgIpc) is 2.53. The molecule has 0 unspecified atom stereocenters. The number of nitrogens with one attached hydrogen (secondary N) is 1. The fourth-order valence-corrected chi connectivity index (χ4v) is 2.74. The Morgan fingerprint density at radius 3 is 2.00 bits per heavy atom. The summed E-state index contributed by atoms with van der Waals surface area (Å²) in [5, 5.41) is 22.9. The van der Waals surface area contributed by atoms with E-state index in [0.717, 1.165) is 6.07 Å². The van der Waals surface area contributed by atoms with Crippen LogP contribution in [0.15, 0.2) is 24.3 Å². The Labute approximate surface area is 131 Å². The van der Waals surface area contributed by atoms with Gasteiger partial charge < -0.3 is 27.0 Å². The molecule has 0 atom stereocenters. The highest BCUT2D eigenvalue weighted by atomic mass is 16.3. The number of fused-ring (bicyclic) bond motifs is 2. The van der Waals surface area contributed by atoms with E-state index in [0.29, 0.717) is 18.8 Å². The summed E-state index contributed by atoms with van der Waals surface area (Å²) < 4.78 is 0. The summed E-state index contributed by atoms with van der Waals surface area (Å²) in [6.45, 7) is 0.737. The smallest absolute Gasteiger partial charge is 0.200 e. The van der Waals surface area contributed by atoms with E-state index in [4.69, 9.17) is 11.5 Å². The fourth-order valence-electron chi connectivity index (χ4n) is 2.74. The third kappa shape index (κ3) is 2.09. The Balaban J connectivity index is 2.31. The van der Waals surface area contributed by atoms with Crippen LogP contribution in [-0.2, 0) is 0 Å². The van der Waals surface area contributed by atoms with Crippen molar-refractivity contribution in [2.24, 2.45) is 5.73 Å². The predicted octanol–water partition coefficient (Wildman–Crippen LogP) is 0.826. The Kier molecular flexibility index (Phi) is 3.42. The van der Waals surface area contributed by atoms with E-state index < -0.39 is 11.6 Å². The molecule has 0 saturated heterocycles. The van der Waals surface area contributed by atoms with E-state index in [1.54, 1.807) is 6.07 Å². The Bertz CT molecular complexity index is 846. The van der Waals surface area contributed by atoms with Gasteiger partial charge in [-0.05, 0) is 24.3 Å². The number of aromatic hydroxyl groups is 2. The number of rotatable bonds is 3. The van der Waals surface area contributed by atoms with Crippen molar-refractivity contribution in [2.75, 3.05) is 24.1 Å². The highest BCUT2D eigenvalue weighted by Crippen LogP contribution is 2.41. The van der Waals surface area contributed by atoms with Crippen LogP contribution < -0.4 is 16.8 Å². The molecule has 7 N–H and O–H groups in total. The number of nitrogens with two attached hydrogens (primary N) is 2. The maximum absolute atomic E-state index is 12.8. The number of carbonyl (C=O) groups excluding carboxylic acids is 2. The van der Waals surface area contributed by atoms with Crippen LogP contribution in [0.5, 0.6) is 11.5 Å². The molecule has 0 aromatic heterocycles. The minimum atomic E-state index is -0.600. The number of ketones is 2. The number of phenolic OH excluding ortho intramolecular Hbond substituents is 2. The number of hydrogen-bond donors (Lipinski definition) is 5. The largest absolute Gasteiger partial charge is 0.507 e. The zero-order valence-corrected chi connectivity index (χ0v) is 12.1. The van der Waals surface area contributed by atoms with E-state index in [1.807, 2.05) is 0 Å². The highest BCUT2D eigenvalue weighted by Gasteiger charge is 2.37. The lowest BCUT2D eigenvalue weighted by Crippen LogP contribution is -2.25. The van der Waals surface area contributed by atoms with Crippen LogP contribution in [0.3, 0.4) is 0 Å². The van der Waals surface area contributed by atoms with E-state index in [2.05, 4.69) is 5.32 Å². The van der Waals surface area contributed by atoms with E-state index in [-0.39, 0.29) is 39.4 Å². The van der Waals surface area contributed by atoms with Crippen LogP contribution in [0.2, 0.25) is 0 Å². The lowest BCUT2D eigenvalue weighted by Gasteiger charge is -2.23. The second-order valence-electron chi connectivity index (χ2n) is 5.18. The molecule has 7 heteroatoms. The molecule has 2 aromatic rings. The van der Waals surface area contributed by atoms with Gasteiger partial charge in [0.2, 0.25) is 11.6 Å². The zero-order chi connectivity index (χ0) is 16.7. The molecule has 3 rings (SSSR count). The minimum Gasteiger partial charge on any atom is -0.507 e. The van der Waals surface area contributed by atoms with Crippen molar-refractivity contribution in [1.82, 2.24) is 0 Å². The van der Waals surface area contributed by atoms with Crippen molar-refractivity contribution in [2.45, 2.75) is 0 Å². The molecule has 0 amide bonds. The lowest BCUT2D eigenvalue weighted by molar-refractivity contribution is 0.0975. The van der Waals surface area contributed by atoms with Crippen molar-refractivity contribution in [3.63, 3.8) is 0 Å². The second kappa shape index (κ2) is 5.29. The van der Waals surface area contributed by atoms with Gasteiger partial charge in [-0.15, -0.1) is 0 Å². The van der Waals surface area contributed by atoms with Crippen molar-refractivity contribution in [3.8, 4) is 11.5 Å². The number of nitrogen functional groups attached to an aromatic ring is 1. The van der Waals surface area contributed by atoms with E-state index in [9.17, 15) is 19.8 Å². The van der Waals surface area contributed by atoms with Crippen LogP contribution in [0.1, 0.15) is 31.8 Å². The Morgan fingerprint density at radius 1 is 0.870 bits per heavy atom. The molecule has 0 fully saturated rings. The molecule has 0 heterocycles. The quantitative estimate of drug-likeness (QED) is 0.356. The van der Waals surface area contributed by atoms with Crippen LogP contribution in [-0.4, -0.2) is 34.9 Å². The Morgan fingerprint density at radius 2 is 1.43 bits per heavy atom. The second-order valence-corrected chi connectivity index (χ2v) is 5.18. The summed E-state index contributed by atoms with van der Waals surface area (Å²) in [5.74, 6) is -1.91. The van der Waals surface area contributed by atoms with Crippen LogP contribution >= 0.6 is 0 Å². The summed E-state index contributed by atoms with van der Waals surface area (Å²) in [5.41, 5.74) is 11.5. The van der Waals surface area contributed by atoms with Gasteiger partial charge in [-0.1, -0.05) is 0 Å². The summed E-state index contributed by atoms with van der Waals surface area (Å²) in [7, 11) is 0. The first-order valence-electron chi connectivity index (χ1n) is 6.98. The highest BCUT2D eigenvalue weighted by molar-refractivity contribution is 6.33. The molecule has 0 bridgehead atoms. The first kappa shape index (κ1) is 14.9.